The zero-order valence-corrected chi connectivity index (χ0v) is 7.97. The van der Waals surface area contributed by atoms with Gasteiger partial charge >= 0.3 is 12.0 Å². The second-order valence-electron chi connectivity index (χ2n) is 2.79. The van der Waals surface area contributed by atoms with Crippen molar-refractivity contribution in [2.75, 3.05) is 5.32 Å². The molecule has 1 aromatic rings. The number of hydrogen-bond donors (Lipinski definition) is 3. The number of carboxylic acid groups (broad SMARTS) is 1. The minimum atomic E-state index is -1.10. The molecule has 0 fully saturated rings. The van der Waals surface area contributed by atoms with Gasteiger partial charge in [0.25, 0.3) is 0 Å². The SMILES string of the molecule is CC(NC(=O)Nc1cncnc1)C(=O)O. The third-order valence-corrected chi connectivity index (χ3v) is 1.54. The van der Waals surface area contributed by atoms with Gasteiger partial charge in [0.2, 0.25) is 0 Å². The summed E-state index contributed by atoms with van der Waals surface area (Å²) >= 11 is 0. The van der Waals surface area contributed by atoms with Gasteiger partial charge < -0.3 is 15.7 Å². The number of hydrogen-bond acceptors (Lipinski definition) is 4. The molecular weight excluding hydrogens is 200 g/mol. The van der Waals surface area contributed by atoms with Crippen LogP contribution in [0, 0.1) is 0 Å². The molecule has 0 aliphatic rings. The molecule has 0 aromatic carbocycles. The highest BCUT2D eigenvalue weighted by Crippen LogP contribution is 1.99. The normalized spacial score (nSPS) is 11.5. The first-order chi connectivity index (χ1) is 7.09. The first-order valence-corrected chi connectivity index (χ1v) is 4.15. The lowest BCUT2D eigenvalue weighted by molar-refractivity contribution is -0.138. The summed E-state index contributed by atoms with van der Waals surface area (Å²) in [6, 6.07) is -1.56. The fourth-order valence-corrected chi connectivity index (χ4v) is 0.789. The van der Waals surface area contributed by atoms with Crippen molar-refractivity contribution in [3.8, 4) is 0 Å². The molecule has 7 nitrogen and oxygen atoms in total. The lowest BCUT2D eigenvalue weighted by Gasteiger charge is -2.09. The van der Waals surface area contributed by atoms with Gasteiger partial charge in [-0.15, -0.1) is 0 Å². The third kappa shape index (κ3) is 3.59. The molecule has 0 radical (unpaired) electrons. The summed E-state index contributed by atoms with van der Waals surface area (Å²) in [5.74, 6) is -1.10. The van der Waals surface area contributed by atoms with E-state index >= 15 is 0 Å². The average molecular weight is 210 g/mol. The molecule has 1 rings (SSSR count). The summed E-state index contributed by atoms with van der Waals surface area (Å²) in [5, 5.41) is 13.1. The highest BCUT2D eigenvalue weighted by atomic mass is 16.4. The molecule has 0 spiro atoms. The Bertz CT molecular complexity index is 354. The van der Waals surface area contributed by atoms with Crippen LogP contribution < -0.4 is 10.6 Å². The molecule has 7 heteroatoms. The average Bonchev–Trinajstić information content (AvgIpc) is 2.18. The number of aromatic nitrogens is 2. The van der Waals surface area contributed by atoms with Crippen LogP contribution in [0.15, 0.2) is 18.7 Å². The molecule has 0 saturated heterocycles. The van der Waals surface area contributed by atoms with Crippen LogP contribution in [0.5, 0.6) is 0 Å². The largest absolute Gasteiger partial charge is 0.480 e. The topological polar surface area (TPSA) is 104 Å². The third-order valence-electron chi connectivity index (χ3n) is 1.54. The number of carboxylic acids is 1. The van der Waals surface area contributed by atoms with E-state index in [1.54, 1.807) is 0 Å². The first kappa shape index (κ1) is 10.9. The number of nitrogens with one attached hydrogen (secondary N) is 2. The van der Waals surface area contributed by atoms with E-state index in [9.17, 15) is 9.59 Å². The number of urea groups is 1. The quantitative estimate of drug-likeness (QED) is 0.654. The van der Waals surface area contributed by atoms with Crippen LogP contribution in [0.2, 0.25) is 0 Å². The van der Waals surface area contributed by atoms with Gasteiger partial charge in [-0.1, -0.05) is 0 Å². The number of amides is 2. The Kier molecular flexibility index (Phi) is 3.55. The number of nitrogens with zero attached hydrogens (tertiary/aromatic N) is 2. The van der Waals surface area contributed by atoms with E-state index in [0.29, 0.717) is 5.69 Å². The second-order valence-corrected chi connectivity index (χ2v) is 2.79. The Balaban J connectivity index is 2.47. The van der Waals surface area contributed by atoms with Crippen molar-refractivity contribution in [1.82, 2.24) is 15.3 Å². The molecule has 80 valence electrons. The maximum atomic E-state index is 11.2. The van der Waals surface area contributed by atoms with E-state index < -0.39 is 18.0 Å². The van der Waals surface area contributed by atoms with Crippen LogP contribution in [0.25, 0.3) is 0 Å². The van der Waals surface area contributed by atoms with Gasteiger partial charge in [0, 0.05) is 0 Å². The number of carbonyl (C=O) groups excluding carboxylic acids is 1. The highest BCUT2D eigenvalue weighted by molar-refractivity contribution is 5.91. The predicted octanol–water partition coefficient (Wildman–Crippen LogP) is 0.0712. The van der Waals surface area contributed by atoms with E-state index in [4.69, 9.17) is 5.11 Å². The summed E-state index contributed by atoms with van der Waals surface area (Å²) < 4.78 is 0. The first-order valence-electron chi connectivity index (χ1n) is 4.15. The van der Waals surface area contributed by atoms with Crippen molar-refractivity contribution in [2.24, 2.45) is 0 Å². The number of carbonyl (C=O) groups is 2. The van der Waals surface area contributed by atoms with Crippen LogP contribution in [0.1, 0.15) is 6.92 Å². The molecule has 15 heavy (non-hydrogen) atoms. The Morgan fingerprint density at radius 3 is 2.53 bits per heavy atom. The zero-order chi connectivity index (χ0) is 11.3. The lowest BCUT2D eigenvalue weighted by atomic mass is 10.3. The van der Waals surface area contributed by atoms with E-state index in [1.165, 1.54) is 25.6 Å². The highest BCUT2D eigenvalue weighted by Gasteiger charge is 2.13. The molecule has 0 bridgehead atoms. The Hall–Kier alpha value is -2.18. The Morgan fingerprint density at radius 2 is 2.00 bits per heavy atom. The van der Waals surface area contributed by atoms with Gasteiger partial charge in [0.15, 0.2) is 0 Å². The van der Waals surface area contributed by atoms with Gasteiger partial charge in [-0.25, -0.2) is 14.8 Å². The van der Waals surface area contributed by atoms with Crippen LogP contribution in [-0.2, 0) is 4.79 Å². The molecule has 1 aromatic heterocycles. The van der Waals surface area contributed by atoms with E-state index in [2.05, 4.69) is 20.6 Å². The maximum Gasteiger partial charge on any atom is 0.325 e. The smallest absolute Gasteiger partial charge is 0.325 e. The molecular formula is C8H10N4O3. The lowest BCUT2D eigenvalue weighted by Crippen LogP contribution is -2.40. The molecule has 1 unspecified atom stereocenters. The summed E-state index contributed by atoms with van der Waals surface area (Å²) in [6.07, 6.45) is 4.12. The summed E-state index contributed by atoms with van der Waals surface area (Å²) in [4.78, 5) is 29.0. The van der Waals surface area contributed by atoms with Crippen LogP contribution in [0.3, 0.4) is 0 Å². The van der Waals surface area contributed by atoms with Crippen molar-refractivity contribution < 1.29 is 14.7 Å². The molecule has 1 atom stereocenters. The standard InChI is InChI=1S/C8H10N4O3/c1-5(7(13)14)11-8(15)12-6-2-9-4-10-3-6/h2-5H,1H3,(H,13,14)(H2,11,12,15). The van der Waals surface area contributed by atoms with Gasteiger partial charge in [-0.3, -0.25) is 4.79 Å². The maximum absolute atomic E-state index is 11.2. The van der Waals surface area contributed by atoms with Gasteiger partial charge in [-0.2, -0.15) is 0 Å². The van der Waals surface area contributed by atoms with Gasteiger partial charge in [0.05, 0.1) is 18.1 Å². The van der Waals surface area contributed by atoms with E-state index in [1.807, 2.05) is 0 Å². The van der Waals surface area contributed by atoms with Crippen molar-refractivity contribution in [2.45, 2.75) is 13.0 Å². The molecule has 0 aliphatic heterocycles. The zero-order valence-electron chi connectivity index (χ0n) is 7.97. The van der Waals surface area contributed by atoms with Crippen LogP contribution >= 0.6 is 0 Å². The predicted molar refractivity (Wildman–Crippen MR) is 51.3 cm³/mol. The molecule has 1 heterocycles. The molecule has 0 saturated carbocycles. The van der Waals surface area contributed by atoms with Crippen molar-refractivity contribution >= 4 is 17.7 Å². The fourth-order valence-electron chi connectivity index (χ4n) is 0.789. The fraction of sp³-hybridized carbons (Fsp3) is 0.250. The number of aliphatic carboxylic acids is 1. The van der Waals surface area contributed by atoms with Crippen molar-refractivity contribution in [3.63, 3.8) is 0 Å². The van der Waals surface area contributed by atoms with E-state index in [-0.39, 0.29) is 0 Å². The van der Waals surface area contributed by atoms with Gasteiger partial charge in [-0.05, 0) is 6.92 Å². The summed E-state index contributed by atoms with van der Waals surface area (Å²) in [7, 11) is 0. The minimum Gasteiger partial charge on any atom is -0.480 e. The number of anilines is 1. The van der Waals surface area contributed by atoms with Crippen molar-refractivity contribution in [3.05, 3.63) is 18.7 Å². The van der Waals surface area contributed by atoms with E-state index in [0.717, 1.165) is 0 Å². The Labute approximate surface area is 85.5 Å². The monoisotopic (exact) mass is 210 g/mol. The van der Waals surface area contributed by atoms with Crippen molar-refractivity contribution in [1.29, 1.82) is 0 Å². The summed E-state index contributed by atoms with van der Waals surface area (Å²) in [5.41, 5.74) is 0.396. The minimum absolute atomic E-state index is 0.396. The summed E-state index contributed by atoms with van der Waals surface area (Å²) in [6.45, 7) is 1.36. The molecule has 2 amide bonds. The second kappa shape index (κ2) is 4.89. The molecule has 0 aliphatic carbocycles. The Morgan fingerprint density at radius 1 is 1.40 bits per heavy atom. The number of rotatable bonds is 3. The van der Waals surface area contributed by atoms with Crippen LogP contribution in [0.4, 0.5) is 10.5 Å². The van der Waals surface area contributed by atoms with Crippen LogP contribution in [-0.4, -0.2) is 33.1 Å². The molecule has 3 N–H and O–H groups in total. The van der Waals surface area contributed by atoms with Gasteiger partial charge in [0.1, 0.15) is 12.4 Å².